The lowest BCUT2D eigenvalue weighted by atomic mass is 9.78. The first kappa shape index (κ1) is 22.3. The molecule has 2 aromatic carbocycles. The summed E-state index contributed by atoms with van der Waals surface area (Å²) >= 11 is 0. The van der Waals surface area contributed by atoms with Crippen LogP contribution in [0.25, 0.3) is 0 Å². The second-order valence-corrected chi connectivity index (χ2v) is 10.3. The van der Waals surface area contributed by atoms with Crippen LogP contribution in [0.4, 0.5) is 0 Å². The topological polar surface area (TPSA) is 52.6 Å². The Labute approximate surface area is 169 Å². The number of rotatable bonds is 5. The minimum absolute atomic E-state index is 0.219. The molecule has 0 spiro atoms. The number of carbonyl (C=O) groups excluding carboxylic acids is 1. The quantitative estimate of drug-likeness (QED) is 0.361. The maximum Gasteiger partial charge on any atom is 0.549 e. The highest BCUT2D eigenvalue weighted by Gasteiger charge is 2.30. The molecule has 0 fully saturated rings. The number of ether oxygens (including phenoxy) is 1. The molecule has 1 atom stereocenters. The van der Waals surface area contributed by atoms with E-state index in [4.69, 9.17) is 9.26 Å². The molecule has 0 saturated heterocycles. The van der Waals surface area contributed by atoms with Crippen LogP contribution in [-0.4, -0.2) is 5.97 Å². The maximum absolute atomic E-state index is 12.5. The van der Waals surface area contributed by atoms with Crippen LogP contribution in [0.3, 0.4) is 0 Å². The molecule has 2 aromatic rings. The van der Waals surface area contributed by atoms with E-state index in [1.54, 1.807) is 12.1 Å². The van der Waals surface area contributed by atoms with E-state index in [1.165, 1.54) is 6.92 Å². The van der Waals surface area contributed by atoms with Gasteiger partial charge in [-0.05, 0) is 45.2 Å². The van der Waals surface area contributed by atoms with Crippen molar-refractivity contribution in [3.05, 3.63) is 59.2 Å². The summed E-state index contributed by atoms with van der Waals surface area (Å²) in [6.07, 6.45) is 0. The summed E-state index contributed by atoms with van der Waals surface area (Å²) in [4.78, 5) is 11.7. The molecule has 28 heavy (non-hydrogen) atoms. The van der Waals surface area contributed by atoms with E-state index in [-0.39, 0.29) is 23.4 Å². The first-order valence-corrected chi connectivity index (χ1v) is 10.6. The van der Waals surface area contributed by atoms with Crippen molar-refractivity contribution in [2.45, 2.75) is 65.9 Å². The molecule has 0 aromatic heterocycles. The molecule has 1 unspecified atom stereocenters. The van der Waals surface area contributed by atoms with Gasteiger partial charge in [-0.1, -0.05) is 59.7 Å². The maximum atomic E-state index is 12.5. The summed E-state index contributed by atoms with van der Waals surface area (Å²) in [7, 11) is -1.93. The number of hydrogen-bond donors (Lipinski definition) is 0. The van der Waals surface area contributed by atoms with Gasteiger partial charge in [0.05, 0.1) is 0 Å². The van der Waals surface area contributed by atoms with Crippen molar-refractivity contribution in [3.8, 4) is 5.75 Å². The summed E-state index contributed by atoms with van der Waals surface area (Å²) in [5.74, 6) is 0.274. The molecule has 0 heterocycles. The van der Waals surface area contributed by atoms with Crippen LogP contribution in [0.5, 0.6) is 5.75 Å². The monoisotopic (exact) mass is 401 g/mol. The summed E-state index contributed by atoms with van der Waals surface area (Å²) in [5.41, 5.74) is 2.31. The van der Waals surface area contributed by atoms with E-state index in [0.717, 1.165) is 16.7 Å². The summed E-state index contributed by atoms with van der Waals surface area (Å²) in [6, 6.07) is 13.1. The molecular weight excluding hydrogens is 371 g/mol. The van der Waals surface area contributed by atoms with Gasteiger partial charge in [0.2, 0.25) is 5.30 Å². The van der Waals surface area contributed by atoms with Crippen LogP contribution >= 0.6 is 8.03 Å². The molecule has 0 saturated carbocycles. The minimum atomic E-state index is -1.93. The molecule has 0 radical (unpaired) electrons. The lowest BCUT2D eigenvalue weighted by molar-refractivity contribution is -0.132. The van der Waals surface area contributed by atoms with Gasteiger partial charge in [-0.2, -0.15) is 0 Å². The van der Waals surface area contributed by atoms with Crippen molar-refractivity contribution in [3.63, 3.8) is 0 Å². The van der Waals surface area contributed by atoms with Crippen LogP contribution in [0.15, 0.2) is 42.5 Å². The Kier molecular flexibility index (Phi) is 6.80. The van der Waals surface area contributed by atoms with Gasteiger partial charge >= 0.3 is 14.0 Å². The van der Waals surface area contributed by atoms with Gasteiger partial charge in [-0.15, -0.1) is 4.52 Å². The largest absolute Gasteiger partial charge is 0.549 e. The standard InChI is InChI=1S/C23H30O4P/c1-16(24)27-21-19(22(2,3)4)13-17(14-20(21)23(5,6)7)15-26-28(25)18-11-9-8-10-12-18/h8-14H,15H2,1-7H3/q+1. The van der Waals surface area contributed by atoms with Gasteiger partial charge in [0, 0.05) is 18.1 Å². The van der Waals surface area contributed by atoms with E-state index in [2.05, 4.69) is 41.5 Å². The van der Waals surface area contributed by atoms with Crippen LogP contribution in [-0.2, 0) is 31.3 Å². The molecular formula is C23H30O4P+. The van der Waals surface area contributed by atoms with Crippen molar-refractivity contribution in [1.29, 1.82) is 0 Å². The number of hydrogen-bond acceptors (Lipinski definition) is 4. The van der Waals surface area contributed by atoms with Crippen molar-refractivity contribution in [1.82, 2.24) is 0 Å². The molecule has 5 heteroatoms. The Morgan fingerprint density at radius 1 is 0.929 bits per heavy atom. The van der Waals surface area contributed by atoms with Gasteiger partial charge in [-0.3, -0.25) is 4.79 Å². The van der Waals surface area contributed by atoms with Gasteiger partial charge < -0.3 is 4.74 Å². The van der Waals surface area contributed by atoms with E-state index in [9.17, 15) is 9.36 Å². The molecule has 150 valence electrons. The second-order valence-electron chi connectivity index (χ2n) is 8.98. The first-order valence-electron chi connectivity index (χ1n) is 9.41. The van der Waals surface area contributed by atoms with E-state index in [0.29, 0.717) is 11.1 Å². The lowest BCUT2D eigenvalue weighted by Gasteiger charge is -2.29. The molecule has 0 aliphatic rings. The zero-order chi connectivity index (χ0) is 21.1. The van der Waals surface area contributed by atoms with Gasteiger partial charge in [0.25, 0.3) is 0 Å². The normalized spacial score (nSPS) is 12.6. The third-order valence-corrected chi connectivity index (χ3v) is 5.41. The fraction of sp³-hybridized carbons (Fsp3) is 0.435. The zero-order valence-corrected chi connectivity index (χ0v) is 18.7. The summed E-state index contributed by atoms with van der Waals surface area (Å²) in [5, 5.41) is 0.668. The van der Waals surface area contributed by atoms with E-state index >= 15 is 0 Å². The minimum Gasteiger partial charge on any atom is -0.426 e. The first-order chi connectivity index (χ1) is 12.9. The fourth-order valence-corrected chi connectivity index (χ4v) is 3.73. The van der Waals surface area contributed by atoms with Crippen molar-refractivity contribution < 1.29 is 18.6 Å². The number of benzene rings is 2. The van der Waals surface area contributed by atoms with E-state index < -0.39 is 8.03 Å². The highest BCUT2D eigenvalue weighted by atomic mass is 31.1. The Hall–Kier alpha value is -2.03. The Morgan fingerprint density at radius 2 is 1.43 bits per heavy atom. The molecule has 0 aliphatic carbocycles. The van der Waals surface area contributed by atoms with Crippen LogP contribution in [0, 0.1) is 0 Å². The Morgan fingerprint density at radius 3 is 1.86 bits per heavy atom. The third-order valence-electron chi connectivity index (χ3n) is 4.33. The molecule has 0 N–H and O–H groups in total. The SMILES string of the molecule is CC(=O)Oc1c(C(C)(C)C)cc(CO[P+](=O)c2ccccc2)cc1C(C)(C)C. The van der Waals surface area contributed by atoms with Crippen molar-refractivity contribution in [2.24, 2.45) is 0 Å². The second kappa shape index (κ2) is 8.55. The average molecular weight is 401 g/mol. The predicted octanol–water partition coefficient (Wildman–Crippen LogP) is 5.79. The number of esters is 1. The lowest BCUT2D eigenvalue weighted by Crippen LogP contribution is -2.21. The highest BCUT2D eigenvalue weighted by Crippen LogP contribution is 2.41. The van der Waals surface area contributed by atoms with Crippen molar-refractivity contribution >= 4 is 19.3 Å². The van der Waals surface area contributed by atoms with Crippen LogP contribution in [0.1, 0.15) is 65.2 Å². The van der Waals surface area contributed by atoms with E-state index in [1.807, 2.05) is 30.3 Å². The third kappa shape index (κ3) is 5.73. The van der Waals surface area contributed by atoms with Crippen molar-refractivity contribution in [2.75, 3.05) is 0 Å². The zero-order valence-electron chi connectivity index (χ0n) is 17.8. The molecule has 0 bridgehead atoms. The van der Waals surface area contributed by atoms with Gasteiger partial charge in [0.15, 0.2) is 0 Å². The summed E-state index contributed by atoms with van der Waals surface area (Å²) < 4.78 is 23.8. The molecule has 0 aliphatic heterocycles. The number of carbonyl (C=O) groups is 1. The predicted molar refractivity (Wildman–Crippen MR) is 114 cm³/mol. The van der Waals surface area contributed by atoms with Crippen LogP contribution < -0.4 is 10.0 Å². The molecule has 2 rings (SSSR count). The van der Waals surface area contributed by atoms with Crippen LogP contribution in [0.2, 0.25) is 0 Å². The molecule has 4 nitrogen and oxygen atoms in total. The fourth-order valence-electron chi connectivity index (χ4n) is 2.90. The Bertz CT molecular complexity index is 823. The highest BCUT2D eigenvalue weighted by molar-refractivity contribution is 7.48. The smallest absolute Gasteiger partial charge is 0.426 e. The average Bonchev–Trinajstić information content (AvgIpc) is 2.58. The summed E-state index contributed by atoms with van der Waals surface area (Å²) in [6.45, 7) is 14.1. The van der Waals surface area contributed by atoms with Gasteiger partial charge in [-0.25, -0.2) is 0 Å². The molecule has 0 amide bonds. The Balaban J connectivity index is 2.45. The van der Waals surface area contributed by atoms with Gasteiger partial charge in [0.1, 0.15) is 12.4 Å².